The molecular formula is C15H14ClNO4S. The zero-order valence-electron chi connectivity index (χ0n) is 11.6. The molecule has 0 saturated carbocycles. The average Bonchev–Trinajstić information content (AvgIpc) is 2.98. The van der Waals surface area contributed by atoms with E-state index in [2.05, 4.69) is 0 Å². The zero-order valence-corrected chi connectivity index (χ0v) is 13.1. The van der Waals surface area contributed by atoms with Gasteiger partial charge in [-0.2, -0.15) is 4.31 Å². The number of carboxylic acids is 1. The molecule has 7 heteroatoms. The maximum absolute atomic E-state index is 12.8. The van der Waals surface area contributed by atoms with Crippen LogP contribution in [0.3, 0.4) is 0 Å². The fourth-order valence-corrected chi connectivity index (χ4v) is 4.67. The van der Waals surface area contributed by atoms with Crippen LogP contribution < -0.4 is 0 Å². The van der Waals surface area contributed by atoms with E-state index in [4.69, 9.17) is 16.7 Å². The topological polar surface area (TPSA) is 74.7 Å². The molecule has 0 aromatic heterocycles. The lowest BCUT2D eigenvalue weighted by molar-refractivity contribution is -0.141. The molecule has 1 unspecified atom stereocenters. The van der Waals surface area contributed by atoms with Gasteiger partial charge in [-0.05, 0) is 18.6 Å². The van der Waals surface area contributed by atoms with E-state index < -0.39 is 21.9 Å². The zero-order chi connectivity index (χ0) is 15.9. The van der Waals surface area contributed by atoms with Gasteiger partial charge in [0.25, 0.3) is 0 Å². The highest BCUT2D eigenvalue weighted by molar-refractivity contribution is 7.89. The van der Waals surface area contributed by atoms with Gasteiger partial charge >= 0.3 is 5.97 Å². The van der Waals surface area contributed by atoms with Crippen molar-refractivity contribution >= 4 is 38.4 Å². The fraction of sp³-hybridized carbons (Fsp3) is 0.267. The number of fused-ring (bicyclic) bond motifs is 1. The lowest BCUT2D eigenvalue weighted by atomic mass is 10.1. The number of aliphatic carboxylic acids is 1. The second kappa shape index (κ2) is 5.53. The van der Waals surface area contributed by atoms with Crippen LogP contribution in [0.15, 0.2) is 41.3 Å². The van der Waals surface area contributed by atoms with Crippen LogP contribution in [0, 0.1) is 5.92 Å². The van der Waals surface area contributed by atoms with E-state index in [1.807, 2.05) is 0 Å². The number of hydrogen-bond acceptors (Lipinski definition) is 3. The molecule has 1 aliphatic heterocycles. The van der Waals surface area contributed by atoms with Crippen LogP contribution >= 0.6 is 11.6 Å². The molecule has 2 aromatic rings. The van der Waals surface area contributed by atoms with E-state index >= 15 is 0 Å². The summed E-state index contributed by atoms with van der Waals surface area (Å²) in [5.74, 6) is -1.60. The predicted octanol–water partition coefficient (Wildman–Crippen LogP) is 2.59. The maximum atomic E-state index is 12.8. The molecule has 0 radical (unpaired) electrons. The second-order valence-corrected chi connectivity index (χ2v) is 7.59. The van der Waals surface area contributed by atoms with Crippen molar-refractivity contribution in [1.29, 1.82) is 0 Å². The Balaban J connectivity index is 2.07. The molecule has 0 aliphatic carbocycles. The minimum absolute atomic E-state index is 0.00855. The largest absolute Gasteiger partial charge is 0.481 e. The van der Waals surface area contributed by atoms with E-state index in [0.29, 0.717) is 22.2 Å². The molecule has 3 rings (SSSR count). The van der Waals surface area contributed by atoms with Crippen molar-refractivity contribution in [2.24, 2.45) is 5.92 Å². The molecule has 1 N–H and O–H groups in total. The monoisotopic (exact) mass is 339 g/mol. The number of halogens is 1. The van der Waals surface area contributed by atoms with Gasteiger partial charge in [-0.1, -0.05) is 35.9 Å². The smallest absolute Gasteiger partial charge is 0.307 e. The first-order valence-electron chi connectivity index (χ1n) is 6.81. The van der Waals surface area contributed by atoms with Crippen LogP contribution in [0.1, 0.15) is 6.42 Å². The number of benzene rings is 2. The Morgan fingerprint density at radius 2 is 1.86 bits per heavy atom. The maximum Gasteiger partial charge on any atom is 0.307 e. The van der Waals surface area contributed by atoms with Crippen LogP contribution in [0.2, 0.25) is 5.02 Å². The highest BCUT2D eigenvalue weighted by atomic mass is 35.5. The van der Waals surface area contributed by atoms with Crippen molar-refractivity contribution in [3.8, 4) is 0 Å². The first-order chi connectivity index (χ1) is 10.4. The summed E-state index contributed by atoms with van der Waals surface area (Å²) < 4.78 is 26.9. The van der Waals surface area contributed by atoms with Gasteiger partial charge in [0, 0.05) is 28.9 Å². The van der Waals surface area contributed by atoms with E-state index in [0.717, 1.165) is 0 Å². The molecule has 116 valence electrons. The number of hydrogen-bond donors (Lipinski definition) is 1. The first-order valence-corrected chi connectivity index (χ1v) is 8.63. The average molecular weight is 340 g/mol. The Labute approximate surface area is 133 Å². The van der Waals surface area contributed by atoms with Crippen LogP contribution in [0.25, 0.3) is 10.8 Å². The minimum Gasteiger partial charge on any atom is -0.481 e. The third-order valence-corrected chi connectivity index (χ3v) is 6.20. The van der Waals surface area contributed by atoms with Crippen molar-refractivity contribution in [3.05, 3.63) is 41.4 Å². The molecule has 5 nitrogen and oxygen atoms in total. The number of rotatable bonds is 3. The summed E-state index contributed by atoms with van der Waals surface area (Å²) in [5, 5.41) is 10.7. The molecule has 22 heavy (non-hydrogen) atoms. The van der Waals surface area contributed by atoms with Gasteiger partial charge in [-0.3, -0.25) is 4.79 Å². The number of sulfonamides is 1. The SMILES string of the molecule is O=C(O)C1CCN(S(=O)(=O)c2ccc(Cl)c3ccccc23)C1. The van der Waals surface area contributed by atoms with E-state index in [9.17, 15) is 13.2 Å². The van der Waals surface area contributed by atoms with Crippen molar-refractivity contribution in [3.63, 3.8) is 0 Å². The van der Waals surface area contributed by atoms with Crippen LogP contribution in [0.4, 0.5) is 0 Å². The Bertz CT molecular complexity index is 850. The van der Waals surface area contributed by atoms with Gasteiger partial charge in [0.1, 0.15) is 0 Å². The fourth-order valence-electron chi connectivity index (χ4n) is 2.75. The van der Waals surface area contributed by atoms with Gasteiger partial charge in [0.05, 0.1) is 10.8 Å². The molecule has 2 aromatic carbocycles. The Hall–Kier alpha value is -1.63. The highest BCUT2D eigenvalue weighted by Crippen LogP contribution is 2.32. The summed E-state index contributed by atoms with van der Waals surface area (Å²) >= 11 is 6.12. The van der Waals surface area contributed by atoms with Gasteiger partial charge in [-0.25, -0.2) is 8.42 Å². The summed E-state index contributed by atoms with van der Waals surface area (Å²) in [6.07, 6.45) is 0.333. The summed E-state index contributed by atoms with van der Waals surface area (Å²) in [6, 6.07) is 10.1. The van der Waals surface area contributed by atoms with Crippen molar-refractivity contribution in [2.75, 3.05) is 13.1 Å². The molecule has 0 amide bonds. The Kier molecular flexibility index (Phi) is 3.84. The van der Waals surface area contributed by atoms with Gasteiger partial charge in [0.15, 0.2) is 0 Å². The number of carboxylic acid groups (broad SMARTS) is 1. The van der Waals surface area contributed by atoms with Crippen LogP contribution in [0.5, 0.6) is 0 Å². The van der Waals surface area contributed by atoms with Crippen molar-refractivity contribution in [2.45, 2.75) is 11.3 Å². The third-order valence-electron chi connectivity index (χ3n) is 3.95. The lowest BCUT2D eigenvalue weighted by Crippen LogP contribution is -2.30. The van der Waals surface area contributed by atoms with Crippen LogP contribution in [-0.4, -0.2) is 36.9 Å². The lowest BCUT2D eigenvalue weighted by Gasteiger charge is -2.17. The quantitative estimate of drug-likeness (QED) is 0.932. The molecular weight excluding hydrogens is 326 g/mol. The van der Waals surface area contributed by atoms with E-state index in [-0.39, 0.29) is 18.0 Å². The van der Waals surface area contributed by atoms with Crippen molar-refractivity contribution in [1.82, 2.24) is 4.31 Å². The second-order valence-electron chi connectivity index (χ2n) is 5.28. The normalized spacial score (nSPS) is 19.6. The number of nitrogens with zero attached hydrogens (tertiary/aromatic N) is 1. The molecule has 1 atom stereocenters. The highest BCUT2D eigenvalue weighted by Gasteiger charge is 2.36. The van der Waals surface area contributed by atoms with E-state index in [1.54, 1.807) is 30.3 Å². The summed E-state index contributed by atoms with van der Waals surface area (Å²) in [5.41, 5.74) is 0. The molecule has 1 heterocycles. The van der Waals surface area contributed by atoms with Gasteiger partial charge < -0.3 is 5.11 Å². The molecule has 1 saturated heterocycles. The number of carbonyl (C=O) groups is 1. The van der Waals surface area contributed by atoms with Gasteiger partial charge in [0.2, 0.25) is 10.0 Å². The predicted molar refractivity (Wildman–Crippen MR) is 83.5 cm³/mol. The molecule has 0 spiro atoms. The third kappa shape index (κ3) is 2.47. The summed E-state index contributed by atoms with van der Waals surface area (Å²) in [4.78, 5) is 11.2. The van der Waals surface area contributed by atoms with Crippen molar-refractivity contribution < 1.29 is 18.3 Å². The summed E-state index contributed by atoms with van der Waals surface area (Å²) in [6.45, 7) is 0.227. The first kappa shape index (κ1) is 15.3. The summed E-state index contributed by atoms with van der Waals surface area (Å²) in [7, 11) is -3.74. The Morgan fingerprint density at radius 1 is 1.18 bits per heavy atom. The molecule has 0 bridgehead atoms. The standard InChI is InChI=1S/C15H14ClNO4S/c16-13-5-6-14(12-4-2-1-3-11(12)13)22(20,21)17-8-7-10(9-17)15(18)19/h1-6,10H,7-9H2,(H,18,19). The van der Waals surface area contributed by atoms with Gasteiger partial charge in [-0.15, -0.1) is 0 Å². The minimum atomic E-state index is -3.74. The molecule has 1 aliphatic rings. The van der Waals surface area contributed by atoms with Crippen LogP contribution in [-0.2, 0) is 14.8 Å². The van der Waals surface area contributed by atoms with E-state index in [1.165, 1.54) is 10.4 Å². The molecule has 1 fully saturated rings. The Morgan fingerprint density at radius 3 is 2.50 bits per heavy atom.